The van der Waals surface area contributed by atoms with Gasteiger partial charge in [0.25, 0.3) is 0 Å². The Hall–Kier alpha value is -2.22. The zero-order valence-corrected chi connectivity index (χ0v) is 7.23. The number of hydrogen-bond acceptors (Lipinski definition) is 4. The van der Waals surface area contributed by atoms with Crippen molar-refractivity contribution in [1.29, 1.82) is 5.26 Å². The Balaban J connectivity index is 2.91. The number of carboxylic acids is 1. The van der Waals surface area contributed by atoms with Crippen molar-refractivity contribution in [3.8, 4) is 11.8 Å². The fourth-order valence-corrected chi connectivity index (χ4v) is 0.923. The van der Waals surface area contributed by atoms with Crippen molar-refractivity contribution in [2.24, 2.45) is 0 Å². The standard InChI is InChI=1S/C9H8N2O3/c10-3-4-14-8-2-1-6(9(12)13)5-7(8)11/h1-2,5H,4,11H2,(H,12,13). The van der Waals surface area contributed by atoms with Gasteiger partial charge in [-0.3, -0.25) is 0 Å². The summed E-state index contributed by atoms with van der Waals surface area (Å²) in [6.07, 6.45) is 0. The molecule has 0 radical (unpaired) electrons. The van der Waals surface area contributed by atoms with Crippen LogP contribution in [0, 0.1) is 11.3 Å². The maximum Gasteiger partial charge on any atom is 0.335 e. The van der Waals surface area contributed by atoms with Crippen molar-refractivity contribution >= 4 is 11.7 Å². The van der Waals surface area contributed by atoms with Crippen LogP contribution in [0.4, 0.5) is 5.69 Å². The highest BCUT2D eigenvalue weighted by Crippen LogP contribution is 2.22. The van der Waals surface area contributed by atoms with E-state index < -0.39 is 5.97 Å². The van der Waals surface area contributed by atoms with Crippen molar-refractivity contribution < 1.29 is 14.6 Å². The molecule has 0 atom stereocenters. The van der Waals surface area contributed by atoms with Crippen LogP contribution < -0.4 is 10.5 Å². The van der Waals surface area contributed by atoms with Gasteiger partial charge >= 0.3 is 5.97 Å². The minimum atomic E-state index is -1.05. The summed E-state index contributed by atoms with van der Waals surface area (Å²) in [6, 6.07) is 5.87. The zero-order chi connectivity index (χ0) is 10.6. The lowest BCUT2D eigenvalue weighted by Crippen LogP contribution is -2.01. The molecule has 0 fully saturated rings. The molecular weight excluding hydrogens is 184 g/mol. The molecule has 1 aromatic rings. The van der Waals surface area contributed by atoms with Gasteiger partial charge in [-0.15, -0.1) is 0 Å². The van der Waals surface area contributed by atoms with Crippen LogP contribution in [0.25, 0.3) is 0 Å². The van der Waals surface area contributed by atoms with Gasteiger partial charge in [0.15, 0.2) is 6.61 Å². The number of anilines is 1. The van der Waals surface area contributed by atoms with Crippen molar-refractivity contribution in [3.63, 3.8) is 0 Å². The molecule has 14 heavy (non-hydrogen) atoms. The number of nitrogens with zero attached hydrogens (tertiary/aromatic N) is 1. The van der Waals surface area contributed by atoms with Crippen LogP contribution in [0.1, 0.15) is 10.4 Å². The Morgan fingerprint density at radius 1 is 1.64 bits per heavy atom. The highest BCUT2D eigenvalue weighted by Gasteiger charge is 2.06. The van der Waals surface area contributed by atoms with E-state index in [1.807, 2.05) is 0 Å². The van der Waals surface area contributed by atoms with Gasteiger partial charge in [0.05, 0.1) is 11.3 Å². The van der Waals surface area contributed by atoms with E-state index in [2.05, 4.69) is 0 Å². The second-order valence-electron chi connectivity index (χ2n) is 2.50. The fourth-order valence-electron chi connectivity index (χ4n) is 0.923. The molecular formula is C9H8N2O3. The minimum absolute atomic E-state index is 0.0896. The van der Waals surface area contributed by atoms with Crippen molar-refractivity contribution in [1.82, 2.24) is 0 Å². The Morgan fingerprint density at radius 3 is 2.86 bits per heavy atom. The van der Waals surface area contributed by atoms with Crippen LogP contribution in [-0.4, -0.2) is 17.7 Å². The van der Waals surface area contributed by atoms with Crippen molar-refractivity contribution in [2.75, 3.05) is 12.3 Å². The second-order valence-corrected chi connectivity index (χ2v) is 2.50. The van der Waals surface area contributed by atoms with E-state index in [9.17, 15) is 4.79 Å². The summed E-state index contributed by atoms with van der Waals surface area (Å²) in [7, 11) is 0. The Kier molecular flexibility index (Phi) is 2.92. The zero-order valence-electron chi connectivity index (χ0n) is 7.23. The lowest BCUT2D eigenvalue weighted by molar-refractivity contribution is 0.0697. The van der Waals surface area contributed by atoms with Gasteiger partial charge in [-0.25, -0.2) is 4.79 Å². The van der Waals surface area contributed by atoms with Crippen molar-refractivity contribution in [2.45, 2.75) is 0 Å². The van der Waals surface area contributed by atoms with E-state index >= 15 is 0 Å². The number of hydrogen-bond donors (Lipinski definition) is 2. The molecule has 0 aliphatic rings. The molecule has 1 rings (SSSR count). The first-order valence-corrected chi connectivity index (χ1v) is 3.77. The SMILES string of the molecule is N#CCOc1ccc(C(=O)O)cc1N. The van der Waals surface area contributed by atoms with E-state index in [4.69, 9.17) is 20.8 Å². The normalized spacial score (nSPS) is 9.07. The van der Waals surface area contributed by atoms with E-state index in [0.717, 1.165) is 0 Å². The Labute approximate surface area is 80.3 Å². The summed E-state index contributed by atoms with van der Waals surface area (Å²) in [5.41, 5.74) is 5.80. The predicted octanol–water partition coefficient (Wildman–Crippen LogP) is 0.869. The van der Waals surface area contributed by atoms with E-state index in [-0.39, 0.29) is 17.9 Å². The van der Waals surface area contributed by atoms with E-state index in [1.54, 1.807) is 6.07 Å². The summed E-state index contributed by atoms with van der Waals surface area (Å²) < 4.78 is 4.94. The monoisotopic (exact) mass is 192 g/mol. The average molecular weight is 192 g/mol. The number of carbonyl (C=O) groups is 1. The van der Waals surface area contributed by atoms with Gasteiger partial charge in [0.1, 0.15) is 11.8 Å². The molecule has 3 N–H and O–H groups in total. The number of nitriles is 1. The molecule has 0 bridgehead atoms. The van der Waals surface area contributed by atoms with Crippen LogP contribution in [0.3, 0.4) is 0 Å². The first-order valence-electron chi connectivity index (χ1n) is 3.77. The van der Waals surface area contributed by atoms with Crippen LogP contribution in [0.5, 0.6) is 5.75 Å². The van der Waals surface area contributed by atoms with Gasteiger partial charge in [-0.05, 0) is 18.2 Å². The molecule has 72 valence electrons. The largest absolute Gasteiger partial charge is 0.478 e. The first-order chi connectivity index (χ1) is 6.65. The number of rotatable bonds is 3. The molecule has 0 saturated heterocycles. The summed E-state index contributed by atoms with van der Waals surface area (Å²) in [4.78, 5) is 10.5. The van der Waals surface area contributed by atoms with Crippen LogP contribution in [-0.2, 0) is 0 Å². The number of benzene rings is 1. The molecule has 5 heteroatoms. The molecule has 0 saturated carbocycles. The maximum atomic E-state index is 10.5. The smallest absolute Gasteiger partial charge is 0.335 e. The number of nitrogen functional groups attached to an aromatic ring is 1. The summed E-state index contributed by atoms with van der Waals surface area (Å²) in [6.45, 7) is -0.114. The third-order valence-corrected chi connectivity index (χ3v) is 1.55. The van der Waals surface area contributed by atoms with Crippen LogP contribution in [0.15, 0.2) is 18.2 Å². The highest BCUT2D eigenvalue weighted by atomic mass is 16.5. The van der Waals surface area contributed by atoms with Gasteiger partial charge in [-0.1, -0.05) is 0 Å². The van der Waals surface area contributed by atoms with Gasteiger partial charge in [0.2, 0.25) is 0 Å². The predicted molar refractivity (Wildman–Crippen MR) is 48.9 cm³/mol. The molecule has 0 aromatic heterocycles. The van der Waals surface area contributed by atoms with Gasteiger partial charge < -0.3 is 15.6 Å². The number of aromatic carboxylic acids is 1. The molecule has 0 heterocycles. The fraction of sp³-hybridized carbons (Fsp3) is 0.111. The molecule has 1 aromatic carbocycles. The Bertz CT molecular complexity index is 396. The molecule has 0 spiro atoms. The molecule has 0 amide bonds. The highest BCUT2D eigenvalue weighted by molar-refractivity contribution is 5.89. The third kappa shape index (κ3) is 2.14. The molecule has 5 nitrogen and oxygen atoms in total. The number of ether oxygens (including phenoxy) is 1. The second kappa shape index (κ2) is 4.14. The topological polar surface area (TPSA) is 96.3 Å². The van der Waals surface area contributed by atoms with E-state index in [0.29, 0.717) is 5.75 Å². The lowest BCUT2D eigenvalue weighted by atomic mass is 10.2. The number of carboxylic acid groups (broad SMARTS) is 1. The third-order valence-electron chi connectivity index (χ3n) is 1.55. The van der Waals surface area contributed by atoms with Crippen LogP contribution >= 0.6 is 0 Å². The molecule has 0 aliphatic carbocycles. The minimum Gasteiger partial charge on any atom is -0.478 e. The summed E-state index contributed by atoms with van der Waals surface area (Å²) in [5, 5.41) is 16.9. The van der Waals surface area contributed by atoms with Gasteiger partial charge in [0, 0.05) is 0 Å². The molecule has 0 aliphatic heterocycles. The quantitative estimate of drug-likeness (QED) is 0.692. The lowest BCUT2D eigenvalue weighted by Gasteiger charge is -2.05. The average Bonchev–Trinajstić information content (AvgIpc) is 2.15. The maximum absolute atomic E-state index is 10.5. The Morgan fingerprint density at radius 2 is 2.36 bits per heavy atom. The van der Waals surface area contributed by atoms with Crippen molar-refractivity contribution in [3.05, 3.63) is 23.8 Å². The van der Waals surface area contributed by atoms with Gasteiger partial charge in [-0.2, -0.15) is 5.26 Å². The first kappa shape index (κ1) is 9.86. The van der Waals surface area contributed by atoms with E-state index in [1.165, 1.54) is 18.2 Å². The summed E-state index contributed by atoms with van der Waals surface area (Å²) >= 11 is 0. The number of nitrogens with two attached hydrogens (primary N) is 1. The molecule has 0 unspecified atom stereocenters. The van der Waals surface area contributed by atoms with Crippen LogP contribution in [0.2, 0.25) is 0 Å². The summed E-state index contributed by atoms with van der Waals surface area (Å²) in [5.74, 6) is -0.736.